The second-order valence-electron chi connectivity index (χ2n) is 5.97. The zero-order valence-electron chi connectivity index (χ0n) is 11.3. The maximum Gasteiger partial charge on any atom is 0.216 e. The van der Waals surface area contributed by atoms with Gasteiger partial charge in [0.1, 0.15) is 12.1 Å². The van der Waals surface area contributed by atoms with Crippen LogP contribution in [-0.2, 0) is 10.6 Å². The number of rotatable bonds is 2. The minimum absolute atomic E-state index is 0.258. The van der Waals surface area contributed by atoms with Gasteiger partial charge in [0.05, 0.1) is 0 Å². The summed E-state index contributed by atoms with van der Waals surface area (Å²) in [6.07, 6.45) is 4.05. The molecule has 2 unspecified atom stereocenters. The van der Waals surface area contributed by atoms with Gasteiger partial charge in [-0.2, -0.15) is 0 Å². The number of aromatic hydroxyl groups is 1. The lowest BCUT2D eigenvalue weighted by Gasteiger charge is -2.49. The minimum Gasteiger partial charge on any atom is -0.508 e. The summed E-state index contributed by atoms with van der Waals surface area (Å²) in [7, 11) is 0. The molecule has 106 valence electrons. The molecule has 2 atom stereocenters. The zero-order valence-corrected chi connectivity index (χ0v) is 11.3. The van der Waals surface area contributed by atoms with Crippen molar-refractivity contribution in [1.82, 2.24) is 10.4 Å². The normalized spacial score (nSPS) is 38.9. The molecule has 0 radical (unpaired) electrons. The molecule has 2 N–H and O–H groups in total. The molecule has 0 amide bonds. The Morgan fingerprint density at radius 1 is 1.35 bits per heavy atom. The van der Waals surface area contributed by atoms with E-state index < -0.39 is 5.72 Å². The highest BCUT2D eigenvalue weighted by molar-refractivity contribution is 5.56. The van der Waals surface area contributed by atoms with Gasteiger partial charge in [-0.3, -0.25) is 5.48 Å². The average molecular weight is 273 g/mol. The number of piperidine rings is 3. The van der Waals surface area contributed by atoms with Crippen molar-refractivity contribution in [2.24, 2.45) is 16.8 Å². The van der Waals surface area contributed by atoms with Crippen molar-refractivity contribution in [3.8, 4) is 5.75 Å². The summed E-state index contributed by atoms with van der Waals surface area (Å²) in [5.41, 5.74) is 3.03. The molecule has 5 heteroatoms. The highest BCUT2D eigenvalue weighted by Crippen LogP contribution is 2.47. The Labute approximate surface area is 118 Å². The number of hydroxylamine groups is 1. The van der Waals surface area contributed by atoms with Crippen molar-refractivity contribution in [2.75, 3.05) is 19.6 Å². The van der Waals surface area contributed by atoms with Gasteiger partial charge >= 0.3 is 0 Å². The van der Waals surface area contributed by atoms with E-state index >= 15 is 0 Å². The molecule has 2 bridgehead atoms. The maximum atomic E-state index is 9.78. The topological polar surface area (TPSA) is 57.1 Å². The Balaban J connectivity index is 1.76. The molecule has 4 heterocycles. The van der Waals surface area contributed by atoms with Gasteiger partial charge in [-0.05, 0) is 44.0 Å². The van der Waals surface area contributed by atoms with Gasteiger partial charge in [-0.1, -0.05) is 12.1 Å². The number of fused-ring (bicyclic) bond motifs is 3. The predicted octanol–water partition coefficient (Wildman–Crippen LogP) is 1.45. The van der Waals surface area contributed by atoms with Crippen LogP contribution in [0.1, 0.15) is 18.4 Å². The van der Waals surface area contributed by atoms with Gasteiger partial charge < -0.3 is 10.0 Å². The van der Waals surface area contributed by atoms with E-state index in [1.165, 1.54) is 25.9 Å². The fraction of sp³-hybridized carbons (Fsp3) is 0.533. The predicted molar refractivity (Wildman–Crippen MR) is 75.2 cm³/mol. The van der Waals surface area contributed by atoms with Gasteiger partial charge in [0.15, 0.2) is 0 Å². The van der Waals surface area contributed by atoms with Crippen LogP contribution in [0.25, 0.3) is 0 Å². The van der Waals surface area contributed by atoms with Crippen LogP contribution >= 0.6 is 0 Å². The number of hydrogen-bond acceptors (Lipinski definition) is 5. The van der Waals surface area contributed by atoms with Gasteiger partial charge in [-0.25, -0.2) is 9.83 Å². The Hall–Kier alpha value is -1.59. The molecular formula is C15H19N3O2. The van der Waals surface area contributed by atoms with E-state index in [1.807, 2.05) is 12.1 Å². The van der Waals surface area contributed by atoms with Gasteiger partial charge in [0.25, 0.3) is 0 Å². The van der Waals surface area contributed by atoms with Crippen LogP contribution in [0, 0.1) is 11.8 Å². The molecule has 3 fully saturated rings. The van der Waals surface area contributed by atoms with E-state index in [-0.39, 0.29) is 5.75 Å². The third kappa shape index (κ3) is 1.73. The highest BCUT2D eigenvalue weighted by atomic mass is 16.7. The summed E-state index contributed by atoms with van der Waals surface area (Å²) in [5.74, 6) is 1.23. The summed E-state index contributed by atoms with van der Waals surface area (Å²) in [5, 5.41) is 9.78. The number of phenols is 1. The number of aliphatic imine (C=N–C) groups is 1. The monoisotopic (exact) mass is 273 g/mol. The fourth-order valence-electron chi connectivity index (χ4n) is 3.92. The van der Waals surface area contributed by atoms with Crippen LogP contribution in [0.5, 0.6) is 5.75 Å². The van der Waals surface area contributed by atoms with E-state index in [2.05, 4.69) is 15.4 Å². The fourth-order valence-corrected chi connectivity index (χ4v) is 3.92. The van der Waals surface area contributed by atoms with Crippen LogP contribution in [0.3, 0.4) is 0 Å². The molecule has 0 saturated carbocycles. The molecular weight excluding hydrogens is 254 g/mol. The largest absolute Gasteiger partial charge is 0.508 e. The summed E-state index contributed by atoms with van der Waals surface area (Å²) in [4.78, 5) is 13.0. The van der Waals surface area contributed by atoms with Crippen molar-refractivity contribution in [3.63, 3.8) is 0 Å². The number of nitrogens with one attached hydrogen (secondary N) is 1. The van der Waals surface area contributed by atoms with Gasteiger partial charge in [0, 0.05) is 18.0 Å². The van der Waals surface area contributed by atoms with Crippen LogP contribution in [-0.4, -0.2) is 36.0 Å². The number of benzene rings is 1. The summed E-state index contributed by atoms with van der Waals surface area (Å²) in [6, 6.07) is 7.29. The van der Waals surface area contributed by atoms with Crippen LogP contribution < -0.4 is 5.48 Å². The smallest absolute Gasteiger partial charge is 0.216 e. The summed E-state index contributed by atoms with van der Waals surface area (Å²) < 4.78 is 0. The Bertz CT molecular complexity index is 540. The number of phenolic OH excluding ortho intramolecular Hbond substituents is 1. The van der Waals surface area contributed by atoms with Crippen molar-refractivity contribution in [2.45, 2.75) is 18.6 Å². The molecule has 20 heavy (non-hydrogen) atoms. The van der Waals surface area contributed by atoms with Gasteiger partial charge in [0.2, 0.25) is 5.72 Å². The number of hydrogen-bond donors (Lipinski definition) is 2. The SMILES string of the molecule is Oc1cccc(C2(C3CN4CCC3CC4)N=CNO2)c1. The second kappa shape index (κ2) is 4.46. The maximum absolute atomic E-state index is 9.78. The third-order valence-electron chi connectivity index (χ3n) is 4.94. The molecule has 4 aliphatic heterocycles. The van der Waals surface area contributed by atoms with Crippen molar-refractivity contribution < 1.29 is 9.94 Å². The summed E-state index contributed by atoms with van der Waals surface area (Å²) in [6.45, 7) is 3.39. The Kier molecular flexibility index (Phi) is 2.72. The second-order valence-corrected chi connectivity index (χ2v) is 5.97. The van der Waals surface area contributed by atoms with E-state index in [9.17, 15) is 5.11 Å². The van der Waals surface area contributed by atoms with Crippen LogP contribution in [0.15, 0.2) is 29.3 Å². The molecule has 1 aromatic rings. The first-order chi connectivity index (χ1) is 9.78. The lowest BCUT2D eigenvalue weighted by molar-refractivity contribution is -0.146. The highest BCUT2D eigenvalue weighted by Gasteiger charge is 2.51. The Morgan fingerprint density at radius 3 is 2.80 bits per heavy atom. The van der Waals surface area contributed by atoms with E-state index in [1.54, 1.807) is 18.5 Å². The van der Waals surface area contributed by atoms with Crippen LogP contribution in [0.2, 0.25) is 0 Å². The lowest BCUT2D eigenvalue weighted by atomic mass is 9.71. The van der Waals surface area contributed by atoms with E-state index in [4.69, 9.17) is 4.84 Å². The molecule has 5 rings (SSSR count). The standard InChI is InChI=1S/C15H19N3O2/c19-13-3-1-2-12(8-13)15(16-10-17-20-15)14-9-18-6-4-11(14)5-7-18/h1-3,8,10-11,14,19H,4-7,9H2,(H,16,17). The molecule has 0 spiro atoms. The minimum atomic E-state index is -0.692. The molecule has 0 aliphatic carbocycles. The first-order valence-electron chi connectivity index (χ1n) is 7.27. The lowest BCUT2D eigenvalue weighted by Crippen LogP contribution is -2.55. The van der Waals surface area contributed by atoms with E-state index in [0.29, 0.717) is 11.8 Å². The molecule has 0 aromatic heterocycles. The third-order valence-corrected chi connectivity index (χ3v) is 4.94. The summed E-state index contributed by atoms with van der Waals surface area (Å²) >= 11 is 0. The number of nitrogens with zero attached hydrogens (tertiary/aromatic N) is 2. The van der Waals surface area contributed by atoms with Crippen molar-refractivity contribution in [3.05, 3.63) is 29.8 Å². The first kappa shape index (κ1) is 12.2. The molecule has 3 saturated heterocycles. The zero-order chi connectivity index (χ0) is 13.6. The van der Waals surface area contributed by atoms with Gasteiger partial charge in [-0.15, -0.1) is 0 Å². The Morgan fingerprint density at radius 2 is 2.20 bits per heavy atom. The van der Waals surface area contributed by atoms with Crippen molar-refractivity contribution >= 4 is 6.34 Å². The molecule has 4 aliphatic rings. The average Bonchev–Trinajstić information content (AvgIpc) is 2.99. The molecule has 1 aromatic carbocycles. The first-order valence-corrected chi connectivity index (χ1v) is 7.27. The quantitative estimate of drug-likeness (QED) is 0.856. The van der Waals surface area contributed by atoms with Crippen molar-refractivity contribution in [1.29, 1.82) is 0 Å². The van der Waals surface area contributed by atoms with Crippen LogP contribution in [0.4, 0.5) is 0 Å². The molecule has 5 nitrogen and oxygen atoms in total. The van der Waals surface area contributed by atoms with E-state index in [0.717, 1.165) is 12.1 Å².